The molecule has 0 bridgehead atoms. The van der Waals surface area contributed by atoms with Gasteiger partial charge in [0.05, 0.1) is 0 Å². The zero-order valence-corrected chi connectivity index (χ0v) is 11.9. The van der Waals surface area contributed by atoms with Crippen molar-refractivity contribution in [3.8, 4) is 0 Å². The van der Waals surface area contributed by atoms with Crippen molar-refractivity contribution in [1.29, 1.82) is 0 Å². The molecule has 1 heterocycles. The summed E-state index contributed by atoms with van der Waals surface area (Å²) in [6, 6.07) is 1.76. The van der Waals surface area contributed by atoms with Crippen molar-refractivity contribution in [2.75, 3.05) is 26.3 Å². The fourth-order valence-electron chi connectivity index (χ4n) is 1.42. The van der Waals surface area contributed by atoms with Gasteiger partial charge in [0.2, 0.25) is 5.91 Å². The molecule has 0 aliphatic heterocycles. The van der Waals surface area contributed by atoms with Crippen molar-refractivity contribution in [1.82, 2.24) is 10.6 Å². The van der Waals surface area contributed by atoms with E-state index in [0.29, 0.717) is 38.3 Å². The van der Waals surface area contributed by atoms with E-state index in [-0.39, 0.29) is 11.8 Å². The van der Waals surface area contributed by atoms with Crippen molar-refractivity contribution in [2.24, 2.45) is 0 Å². The fourth-order valence-corrected chi connectivity index (χ4v) is 2.06. The maximum atomic E-state index is 11.6. The molecule has 0 radical (unpaired) electrons. The minimum atomic E-state index is -0.134. The van der Waals surface area contributed by atoms with Crippen LogP contribution >= 0.6 is 11.3 Å². The van der Waals surface area contributed by atoms with Gasteiger partial charge in [0, 0.05) is 43.7 Å². The number of thiophene rings is 1. The molecule has 0 aliphatic rings. The van der Waals surface area contributed by atoms with Crippen LogP contribution < -0.4 is 10.6 Å². The van der Waals surface area contributed by atoms with Gasteiger partial charge in [0.15, 0.2) is 0 Å². The van der Waals surface area contributed by atoms with E-state index in [4.69, 9.17) is 4.74 Å². The van der Waals surface area contributed by atoms with Crippen LogP contribution in [0.2, 0.25) is 0 Å². The van der Waals surface area contributed by atoms with Crippen molar-refractivity contribution in [3.63, 3.8) is 0 Å². The first kappa shape index (κ1) is 15.7. The van der Waals surface area contributed by atoms with Gasteiger partial charge >= 0.3 is 0 Å². The lowest BCUT2D eigenvalue weighted by atomic mass is 10.3. The summed E-state index contributed by atoms with van der Waals surface area (Å²) in [5.74, 6) is -0.187. The number of amides is 2. The molecule has 0 saturated carbocycles. The Balaban J connectivity index is 2.02. The van der Waals surface area contributed by atoms with Gasteiger partial charge in [-0.3, -0.25) is 9.59 Å². The monoisotopic (exact) mass is 284 g/mol. The first-order valence-corrected chi connectivity index (χ1v) is 7.33. The Hall–Kier alpha value is -1.40. The molecule has 0 fully saturated rings. The summed E-state index contributed by atoms with van der Waals surface area (Å²) in [6.45, 7) is 4.26. The second-order valence-electron chi connectivity index (χ2n) is 3.92. The van der Waals surface area contributed by atoms with Crippen LogP contribution in [-0.2, 0) is 9.53 Å². The molecule has 6 heteroatoms. The Kier molecular flexibility index (Phi) is 7.84. The molecule has 5 nitrogen and oxygen atoms in total. The molecule has 0 aliphatic carbocycles. The van der Waals surface area contributed by atoms with E-state index in [0.717, 1.165) is 6.42 Å². The summed E-state index contributed by atoms with van der Waals surface area (Å²) in [6.07, 6.45) is 1.10. The number of rotatable bonds is 9. The third-order valence-electron chi connectivity index (χ3n) is 2.41. The van der Waals surface area contributed by atoms with Gasteiger partial charge in [0.25, 0.3) is 5.91 Å². The number of hydrogen-bond acceptors (Lipinski definition) is 4. The van der Waals surface area contributed by atoms with E-state index >= 15 is 0 Å². The Morgan fingerprint density at radius 1 is 1.32 bits per heavy atom. The van der Waals surface area contributed by atoms with Crippen molar-refractivity contribution in [2.45, 2.75) is 19.8 Å². The van der Waals surface area contributed by atoms with Crippen molar-refractivity contribution in [3.05, 3.63) is 22.4 Å². The molecule has 0 aromatic carbocycles. The molecule has 106 valence electrons. The molecule has 0 atom stereocenters. The third-order valence-corrected chi connectivity index (χ3v) is 3.10. The molecule has 1 rings (SSSR count). The normalized spacial score (nSPS) is 10.2. The summed E-state index contributed by atoms with van der Waals surface area (Å²) in [7, 11) is 0. The lowest BCUT2D eigenvalue weighted by molar-refractivity contribution is -0.120. The minimum Gasteiger partial charge on any atom is -0.382 e. The van der Waals surface area contributed by atoms with Crippen molar-refractivity contribution >= 4 is 23.2 Å². The molecule has 1 aromatic rings. The number of carbonyl (C=O) groups is 2. The van der Waals surface area contributed by atoms with E-state index in [1.165, 1.54) is 11.3 Å². The Morgan fingerprint density at radius 3 is 2.84 bits per heavy atom. The Morgan fingerprint density at radius 2 is 2.16 bits per heavy atom. The molecule has 0 saturated heterocycles. The van der Waals surface area contributed by atoms with Gasteiger partial charge in [-0.2, -0.15) is 11.3 Å². The van der Waals surface area contributed by atoms with Crippen LogP contribution in [0.4, 0.5) is 0 Å². The number of carbonyl (C=O) groups excluding carboxylic acids is 2. The summed E-state index contributed by atoms with van der Waals surface area (Å²) < 4.78 is 5.16. The molecule has 0 unspecified atom stereocenters. The largest absolute Gasteiger partial charge is 0.382 e. The second kappa shape index (κ2) is 9.52. The van der Waals surface area contributed by atoms with Crippen LogP contribution in [0.5, 0.6) is 0 Å². The minimum absolute atomic E-state index is 0.0536. The van der Waals surface area contributed by atoms with Gasteiger partial charge in [0.1, 0.15) is 0 Å². The number of ether oxygens (including phenoxy) is 1. The predicted octanol–water partition coefficient (Wildman–Crippen LogP) is 1.41. The van der Waals surface area contributed by atoms with E-state index in [1.807, 2.05) is 12.3 Å². The van der Waals surface area contributed by atoms with Crippen LogP contribution in [0.1, 0.15) is 30.1 Å². The lowest BCUT2D eigenvalue weighted by Crippen LogP contribution is -2.31. The maximum Gasteiger partial charge on any atom is 0.252 e. The molecule has 2 amide bonds. The number of hydrogen-bond donors (Lipinski definition) is 2. The average molecular weight is 284 g/mol. The molecule has 1 aromatic heterocycles. The third kappa shape index (κ3) is 6.93. The topological polar surface area (TPSA) is 67.4 Å². The first-order chi connectivity index (χ1) is 9.24. The van der Waals surface area contributed by atoms with Crippen LogP contribution in [0, 0.1) is 0 Å². The first-order valence-electron chi connectivity index (χ1n) is 6.39. The van der Waals surface area contributed by atoms with E-state index in [9.17, 15) is 9.59 Å². The summed E-state index contributed by atoms with van der Waals surface area (Å²) in [5.41, 5.74) is 0.641. The zero-order chi connectivity index (χ0) is 13.9. The van der Waals surface area contributed by atoms with Crippen molar-refractivity contribution < 1.29 is 14.3 Å². The zero-order valence-electron chi connectivity index (χ0n) is 11.1. The molecule has 0 spiro atoms. The number of nitrogens with one attached hydrogen (secondary N) is 2. The van der Waals surface area contributed by atoms with Gasteiger partial charge < -0.3 is 15.4 Å². The van der Waals surface area contributed by atoms with Crippen LogP contribution in [-0.4, -0.2) is 38.1 Å². The van der Waals surface area contributed by atoms with E-state index < -0.39 is 0 Å². The highest BCUT2D eigenvalue weighted by Crippen LogP contribution is 2.04. The van der Waals surface area contributed by atoms with Crippen LogP contribution in [0.15, 0.2) is 16.8 Å². The van der Waals surface area contributed by atoms with E-state index in [1.54, 1.807) is 11.4 Å². The maximum absolute atomic E-state index is 11.6. The lowest BCUT2D eigenvalue weighted by Gasteiger charge is -2.06. The van der Waals surface area contributed by atoms with Gasteiger partial charge in [-0.15, -0.1) is 0 Å². The molecular formula is C13H20N2O3S. The fraction of sp³-hybridized carbons (Fsp3) is 0.538. The van der Waals surface area contributed by atoms with Gasteiger partial charge in [-0.25, -0.2) is 0 Å². The average Bonchev–Trinajstić information content (AvgIpc) is 2.92. The highest BCUT2D eigenvalue weighted by Gasteiger charge is 2.06. The standard InChI is InChI=1S/C13H20N2O3S/c1-2-18-8-3-6-14-12(16)4-7-15-13(17)11-5-9-19-10-11/h5,9-10H,2-4,6-8H2,1H3,(H,14,16)(H,15,17). The summed E-state index contributed by atoms with van der Waals surface area (Å²) in [4.78, 5) is 23.0. The van der Waals surface area contributed by atoms with Gasteiger partial charge in [-0.1, -0.05) is 0 Å². The van der Waals surface area contributed by atoms with Crippen LogP contribution in [0.3, 0.4) is 0 Å². The predicted molar refractivity (Wildman–Crippen MR) is 75.4 cm³/mol. The highest BCUT2D eigenvalue weighted by molar-refractivity contribution is 7.08. The summed E-state index contributed by atoms with van der Waals surface area (Å²) >= 11 is 1.47. The highest BCUT2D eigenvalue weighted by atomic mass is 32.1. The van der Waals surface area contributed by atoms with E-state index in [2.05, 4.69) is 10.6 Å². The quantitative estimate of drug-likeness (QED) is 0.674. The summed E-state index contributed by atoms with van der Waals surface area (Å²) in [5, 5.41) is 9.12. The molecule has 19 heavy (non-hydrogen) atoms. The van der Waals surface area contributed by atoms with Crippen LogP contribution in [0.25, 0.3) is 0 Å². The molecule has 2 N–H and O–H groups in total. The van der Waals surface area contributed by atoms with Gasteiger partial charge in [-0.05, 0) is 24.8 Å². The SMILES string of the molecule is CCOCCCNC(=O)CCNC(=O)c1ccsc1. The second-order valence-corrected chi connectivity index (χ2v) is 4.70. The molecular weight excluding hydrogens is 264 g/mol. The smallest absolute Gasteiger partial charge is 0.252 e. The Bertz CT molecular complexity index is 379. The Labute approximate surface area is 117 Å².